The van der Waals surface area contributed by atoms with Crippen LogP contribution in [0.25, 0.3) is 11.3 Å². The van der Waals surface area contributed by atoms with Crippen molar-refractivity contribution in [3.05, 3.63) is 65.6 Å². The zero-order valence-corrected chi connectivity index (χ0v) is 18.6. The molecule has 31 heavy (non-hydrogen) atoms. The highest BCUT2D eigenvalue weighted by Crippen LogP contribution is 2.31. The first-order valence-electron chi connectivity index (χ1n) is 9.66. The average Bonchev–Trinajstić information content (AvgIpc) is 2.86. The van der Waals surface area contributed by atoms with Gasteiger partial charge in [0.2, 0.25) is 5.82 Å². The fourth-order valence-corrected chi connectivity index (χ4v) is 3.45. The summed E-state index contributed by atoms with van der Waals surface area (Å²) in [7, 11) is 4.25. The Bertz CT molecular complexity index is 1220. The molecule has 1 atom stereocenters. The summed E-state index contributed by atoms with van der Waals surface area (Å²) in [6, 6.07) is 13.3. The lowest BCUT2D eigenvalue weighted by Crippen LogP contribution is -2.34. The lowest BCUT2D eigenvalue weighted by atomic mass is 10.1. The SMILES string of the molecule is Cc1ccc2c(c1)OC/C(=N\C(=O)c1ncc(C)c(-c3ccc(P)cc3)n1)C(=O)N2C. The Labute approximate surface area is 182 Å². The molecule has 156 valence electrons. The Kier molecular flexibility index (Phi) is 5.61. The number of aryl methyl sites for hydroxylation is 2. The molecule has 2 amide bonds. The normalized spacial score (nSPS) is 14.8. The molecule has 0 aliphatic carbocycles. The van der Waals surface area contributed by atoms with E-state index in [9.17, 15) is 9.59 Å². The zero-order chi connectivity index (χ0) is 22.1. The molecule has 2 heterocycles. The van der Waals surface area contributed by atoms with Crippen LogP contribution in [0.4, 0.5) is 5.69 Å². The molecule has 0 saturated heterocycles. The Morgan fingerprint density at radius 1 is 1.16 bits per heavy atom. The fraction of sp³-hybridized carbons (Fsp3) is 0.174. The number of amides is 2. The summed E-state index contributed by atoms with van der Waals surface area (Å²) >= 11 is 0. The lowest BCUT2D eigenvalue weighted by molar-refractivity contribution is -0.112. The van der Waals surface area contributed by atoms with E-state index in [1.54, 1.807) is 13.2 Å². The van der Waals surface area contributed by atoms with Gasteiger partial charge in [-0.1, -0.05) is 30.3 Å². The van der Waals surface area contributed by atoms with Gasteiger partial charge in [0.05, 0.1) is 11.4 Å². The molecule has 0 spiro atoms. The van der Waals surface area contributed by atoms with E-state index in [4.69, 9.17) is 4.74 Å². The highest BCUT2D eigenvalue weighted by molar-refractivity contribution is 7.27. The number of nitrogens with zero attached hydrogens (tertiary/aromatic N) is 4. The number of carbonyl (C=O) groups is 2. The summed E-state index contributed by atoms with van der Waals surface area (Å²) in [6.45, 7) is 3.70. The first-order valence-corrected chi connectivity index (χ1v) is 10.2. The summed E-state index contributed by atoms with van der Waals surface area (Å²) in [5.41, 5.74) is 3.98. The molecule has 0 N–H and O–H groups in total. The summed E-state index contributed by atoms with van der Waals surface area (Å²) in [6.07, 6.45) is 1.58. The van der Waals surface area contributed by atoms with E-state index in [1.807, 2.05) is 56.3 Å². The van der Waals surface area contributed by atoms with Crippen molar-refractivity contribution in [1.82, 2.24) is 9.97 Å². The molecule has 1 unspecified atom stereocenters. The van der Waals surface area contributed by atoms with E-state index in [0.717, 1.165) is 22.0 Å². The highest BCUT2D eigenvalue weighted by Gasteiger charge is 2.27. The molecule has 1 aliphatic rings. The molecule has 4 rings (SSSR count). The Balaban J connectivity index is 1.65. The van der Waals surface area contributed by atoms with Crippen molar-refractivity contribution >= 4 is 37.8 Å². The van der Waals surface area contributed by atoms with Crippen LogP contribution < -0.4 is 14.9 Å². The number of aromatic nitrogens is 2. The molecule has 0 radical (unpaired) electrons. The van der Waals surface area contributed by atoms with Crippen molar-refractivity contribution in [3.8, 4) is 17.0 Å². The minimum absolute atomic E-state index is 0.000520. The van der Waals surface area contributed by atoms with Gasteiger partial charge in [0.1, 0.15) is 18.1 Å². The first-order chi connectivity index (χ1) is 14.8. The van der Waals surface area contributed by atoms with Gasteiger partial charge in [0, 0.05) is 18.8 Å². The van der Waals surface area contributed by atoms with Crippen LogP contribution in [-0.4, -0.2) is 41.1 Å². The summed E-state index contributed by atoms with van der Waals surface area (Å²) in [5, 5.41) is 1.05. The third-order valence-corrected chi connectivity index (χ3v) is 5.36. The van der Waals surface area contributed by atoms with Crippen LogP contribution in [0.1, 0.15) is 21.7 Å². The molecule has 1 aromatic heterocycles. The molecule has 0 saturated carbocycles. The van der Waals surface area contributed by atoms with Crippen molar-refractivity contribution in [3.63, 3.8) is 0 Å². The van der Waals surface area contributed by atoms with Gasteiger partial charge < -0.3 is 9.64 Å². The fourth-order valence-electron chi connectivity index (χ4n) is 3.26. The van der Waals surface area contributed by atoms with Crippen molar-refractivity contribution in [2.75, 3.05) is 18.6 Å². The maximum atomic E-state index is 12.9. The van der Waals surface area contributed by atoms with Crippen LogP contribution in [0, 0.1) is 13.8 Å². The molecule has 7 nitrogen and oxygen atoms in total. The van der Waals surface area contributed by atoms with Crippen LogP contribution in [-0.2, 0) is 4.79 Å². The molecular formula is C23H21N4O3P. The van der Waals surface area contributed by atoms with Crippen LogP contribution in [0.3, 0.4) is 0 Å². The summed E-state index contributed by atoms with van der Waals surface area (Å²) in [5.74, 6) is -0.596. The largest absolute Gasteiger partial charge is 0.485 e. The maximum Gasteiger partial charge on any atom is 0.315 e. The molecule has 0 bridgehead atoms. The third kappa shape index (κ3) is 4.23. The topological polar surface area (TPSA) is 84.7 Å². The predicted molar refractivity (Wildman–Crippen MR) is 123 cm³/mol. The Morgan fingerprint density at radius 3 is 2.65 bits per heavy atom. The number of hydrogen-bond donors (Lipinski definition) is 0. The number of carbonyl (C=O) groups excluding carboxylic acids is 2. The van der Waals surface area contributed by atoms with Crippen LogP contribution >= 0.6 is 9.24 Å². The second-order valence-electron chi connectivity index (χ2n) is 7.33. The Hall–Kier alpha value is -3.44. The number of hydrogen-bond acceptors (Lipinski definition) is 5. The maximum absolute atomic E-state index is 12.9. The van der Waals surface area contributed by atoms with Crippen molar-refractivity contribution < 1.29 is 14.3 Å². The monoisotopic (exact) mass is 432 g/mol. The van der Waals surface area contributed by atoms with Gasteiger partial charge in [-0.05, 0) is 42.4 Å². The van der Waals surface area contributed by atoms with E-state index >= 15 is 0 Å². The average molecular weight is 432 g/mol. The van der Waals surface area contributed by atoms with Gasteiger partial charge in [-0.15, -0.1) is 9.24 Å². The van der Waals surface area contributed by atoms with E-state index in [-0.39, 0.29) is 18.1 Å². The van der Waals surface area contributed by atoms with Crippen LogP contribution in [0.15, 0.2) is 53.7 Å². The summed E-state index contributed by atoms with van der Waals surface area (Å²) < 4.78 is 5.75. The molecule has 0 fully saturated rings. The Morgan fingerprint density at radius 2 is 1.90 bits per heavy atom. The number of benzene rings is 2. The van der Waals surface area contributed by atoms with Crippen molar-refractivity contribution in [1.29, 1.82) is 0 Å². The van der Waals surface area contributed by atoms with E-state index in [1.165, 1.54) is 4.90 Å². The number of rotatable bonds is 2. The molecule has 2 aromatic carbocycles. The number of ether oxygens (including phenoxy) is 1. The second kappa shape index (κ2) is 8.36. The lowest BCUT2D eigenvalue weighted by Gasteiger charge is -2.16. The third-order valence-electron chi connectivity index (χ3n) is 4.98. The molecular weight excluding hydrogens is 411 g/mol. The number of fused-ring (bicyclic) bond motifs is 1. The summed E-state index contributed by atoms with van der Waals surface area (Å²) in [4.78, 5) is 39.7. The van der Waals surface area contributed by atoms with E-state index in [2.05, 4.69) is 24.2 Å². The zero-order valence-electron chi connectivity index (χ0n) is 17.4. The minimum Gasteiger partial charge on any atom is -0.485 e. The van der Waals surface area contributed by atoms with Gasteiger partial charge in [-0.2, -0.15) is 0 Å². The molecule has 8 heteroatoms. The molecule has 1 aliphatic heterocycles. The van der Waals surface area contributed by atoms with Crippen molar-refractivity contribution in [2.45, 2.75) is 13.8 Å². The molecule has 3 aromatic rings. The van der Waals surface area contributed by atoms with E-state index in [0.29, 0.717) is 17.1 Å². The quantitative estimate of drug-likeness (QED) is 0.582. The number of anilines is 1. The van der Waals surface area contributed by atoms with Crippen LogP contribution in [0.5, 0.6) is 5.75 Å². The van der Waals surface area contributed by atoms with Crippen LogP contribution in [0.2, 0.25) is 0 Å². The predicted octanol–water partition coefficient (Wildman–Crippen LogP) is 2.90. The van der Waals surface area contributed by atoms with Gasteiger partial charge in [0.15, 0.2) is 0 Å². The van der Waals surface area contributed by atoms with Gasteiger partial charge >= 0.3 is 5.91 Å². The van der Waals surface area contributed by atoms with Crippen molar-refractivity contribution in [2.24, 2.45) is 4.99 Å². The first kappa shape index (κ1) is 20.8. The van der Waals surface area contributed by atoms with Gasteiger partial charge in [-0.25, -0.2) is 15.0 Å². The highest BCUT2D eigenvalue weighted by atomic mass is 31.0. The van der Waals surface area contributed by atoms with E-state index < -0.39 is 11.8 Å². The number of aliphatic imine (C=N–C) groups is 1. The standard InChI is InChI=1S/C23H21N4O3P/c1-13-4-9-18-19(10-13)30-12-17(23(29)27(18)3)25-22(28)21-24-11-14(2)20(26-21)15-5-7-16(31)8-6-15/h4-11H,12,31H2,1-3H3/b25-17+. The second-order valence-corrected chi connectivity index (χ2v) is 8.00. The van der Waals surface area contributed by atoms with Gasteiger partial charge in [-0.3, -0.25) is 9.59 Å². The van der Waals surface area contributed by atoms with Gasteiger partial charge in [0.25, 0.3) is 5.91 Å². The smallest absolute Gasteiger partial charge is 0.315 e. The minimum atomic E-state index is -0.689.